The Morgan fingerprint density at radius 2 is 1.55 bits per heavy atom. The quantitative estimate of drug-likeness (QED) is 0.380. The Hall–Kier alpha value is -4.09. The van der Waals surface area contributed by atoms with E-state index in [0.29, 0.717) is 23.3 Å². The summed E-state index contributed by atoms with van der Waals surface area (Å²) in [6.07, 6.45) is 0.101. The van der Waals surface area contributed by atoms with Crippen LogP contribution >= 0.6 is 0 Å². The molecular formula is C21H26N6O6. The number of esters is 3. The number of nitrogens with one attached hydrogen (secondary N) is 1. The van der Waals surface area contributed by atoms with Crippen molar-refractivity contribution in [1.82, 2.24) is 29.9 Å². The lowest BCUT2D eigenvalue weighted by Gasteiger charge is -2.05. The first-order valence-corrected chi connectivity index (χ1v) is 9.92. The topological polar surface area (TPSA) is 151 Å². The molecule has 0 aliphatic heterocycles. The summed E-state index contributed by atoms with van der Waals surface area (Å²) in [6, 6.07) is 9.41. The highest BCUT2D eigenvalue weighted by Crippen LogP contribution is 2.03. The lowest BCUT2D eigenvalue weighted by Crippen LogP contribution is -2.16. The van der Waals surface area contributed by atoms with E-state index in [9.17, 15) is 14.4 Å². The number of methoxy groups -OCH3 is 2. The molecule has 0 atom stereocenters. The van der Waals surface area contributed by atoms with Crippen LogP contribution in [0.25, 0.3) is 0 Å². The van der Waals surface area contributed by atoms with Gasteiger partial charge in [0.1, 0.15) is 37.6 Å². The van der Waals surface area contributed by atoms with Gasteiger partial charge < -0.3 is 14.2 Å². The predicted octanol–water partition coefficient (Wildman–Crippen LogP) is 0.874. The van der Waals surface area contributed by atoms with E-state index in [2.05, 4.69) is 34.7 Å². The average Bonchev–Trinajstić information content (AvgIpc) is 3.37. The van der Waals surface area contributed by atoms with Crippen LogP contribution in [0.2, 0.25) is 0 Å². The monoisotopic (exact) mass is 458 g/mol. The molecule has 12 heteroatoms. The molecule has 0 amide bonds. The second-order valence-electron chi connectivity index (χ2n) is 6.72. The van der Waals surface area contributed by atoms with Gasteiger partial charge in [-0.3, -0.25) is 19.5 Å². The fourth-order valence-corrected chi connectivity index (χ4v) is 2.48. The third kappa shape index (κ3) is 8.89. The predicted molar refractivity (Wildman–Crippen MR) is 114 cm³/mol. The lowest BCUT2D eigenvalue weighted by atomic mass is 10.2. The number of carbonyl (C=O) groups excluding carboxylic acids is 3. The molecule has 0 spiro atoms. The van der Waals surface area contributed by atoms with Gasteiger partial charge in [0.25, 0.3) is 0 Å². The van der Waals surface area contributed by atoms with E-state index < -0.39 is 11.9 Å². The number of ether oxygens (including phenoxy) is 3. The van der Waals surface area contributed by atoms with E-state index >= 15 is 0 Å². The van der Waals surface area contributed by atoms with Gasteiger partial charge in [-0.25, -0.2) is 14.6 Å². The zero-order chi connectivity index (χ0) is 24.2. The molecule has 1 N–H and O–H groups in total. The minimum Gasteiger partial charge on any atom is -0.469 e. The molecule has 0 bridgehead atoms. The maximum atomic E-state index is 11.8. The van der Waals surface area contributed by atoms with E-state index in [1.54, 1.807) is 13.8 Å². The van der Waals surface area contributed by atoms with E-state index in [4.69, 9.17) is 4.74 Å². The summed E-state index contributed by atoms with van der Waals surface area (Å²) >= 11 is 0. The molecule has 0 aliphatic carbocycles. The summed E-state index contributed by atoms with van der Waals surface area (Å²) in [5.41, 5.74) is 0.914. The highest BCUT2D eigenvalue weighted by Gasteiger charge is 2.14. The van der Waals surface area contributed by atoms with E-state index in [-0.39, 0.29) is 32.0 Å². The fraction of sp³-hybridized carbons (Fsp3) is 0.381. The van der Waals surface area contributed by atoms with Gasteiger partial charge in [-0.05, 0) is 19.4 Å². The molecule has 0 fully saturated rings. The number of H-pyrrole nitrogens is 1. The van der Waals surface area contributed by atoms with Crippen molar-refractivity contribution in [3.63, 3.8) is 0 Å². The first-order valence-electron chi connectivity index (χ1n) is 9.92. The second-order valence-corrected chi connectivity index (χ2v) is 6.72. The van der Waals surface area contributed by atoms with Gasteiger partial charge in [0.15, 0.2) is 11.6 Å². The first-order chi connectivity index (χ1) is 15.8. The maximum absolute atomic E-state index is 11.8. The molecule has 176 valence electrons. The molecule has 2 heterocycles. The van der Waals surface area contributed by atoms with Crippen LogP contribution < -0.4 is 0 Å². The Labute approximate surface area is 190 Å². The van der Waals surface area contributed by atoms with Crippen LogP contribution in [0.1, 0.15) is 28.9 Å². The third-order valence-corrected chi connectivity index (χ3v) is 4.13. The van der Waals surface area contributed by atoms with Gasteiger partial charge in [-0.1, -0.05) is 30.3 Å². The molecule has 33 heavy (non-hydrogen) atoms. The Morgan fingerprint density at radius 3 is 2.12 bits per heavy atom. The molecule has 12 nitrogen and oxygen atoms in total. The smallest absolute Gasteiger partial charge is 0.328 e. The highest BCUT2D eigenvalue weighted by molar-refractivity contribution is 5.71. The van der Waals surface area contributed by atoms with E-state index in [0.717, 1.165) is 5.56 Å². The van der Waals surface area contributed by atoms with Gasteiger partial charge in [-0.15, -0.1) is 0 Å². The van der Waals surface area contributed by atoms with Crippen molar-refractivity contribution in [3.05, 3.63) is 59.2 Å². The van der Waals surface area contributed by atoms with Crippen LogP contribution in [0.4, 0.5) is 0 Å². The van der Waals surface area contributed by atoms with Gasteiger partial charge in [-0.2, -0.15) is 10.2 Å². The second kappa shape index (κ2) is 12.7. The summed E-state index contributed by atoms with van der Waals surface area (Å²) in [5, 5.41) is 10.5. The van der Waals surface area contributed by atoms with Crippen molar-refractivity contribution in [2.24, 2.45) is 0 Å². The van der Waals surface area contributed by atoms with Crippen LogP contribution in [0.15, 0.2) is 30.3 Å². The first kappa shape index (κ1) is 25.2. The molecule has 0 unspecified atom stereocenters. The summed E-state index contributed by atoms with van der Waals surface area (Å²) in [5.74, 6) is 0.850. The van der Waals surface area contributed by atoms with E-state index in [1.807, 2.05) is 30.3 Å². The highest BCUT2D eigenvalue weighted by atomic mass is 16.5. The van der Waals surface area contributed by atoms with Crippen molar-refractivity contribution >= 4 is 17.9 Å². The summed E-state index contributed by atoms with van der Waals surface area (Å²) < 4.78 is 15.6. The minimum absolute atomic E-state index is 0.0244. The van der Waals surface area contributed by atoms with Gasteiger partial charge in [0.2, 0.25) is 0 Å². The van der Waals surface area contributed by atoms with Crippen molar-refractivity contribution in [2.45, 2.75) is 39.8 Å². The lowest BCUT2D eigenvalue weighted by molar-refractivity contribution is -0.146. The maximum Gasteiger partial charge on any atom is 0.328 e. The Bertz CT molecular complexity index is 1060. The normalized spacial score (nSPS) is 10.1. The fourth-order valence-electron chi connectivity index (χ4n) is 2.48. The van der Waals surface area contributed by atoms with Gasteiger partial charge >= 0.3 is 17.9 Å². The number of hydrogen-bond donors (Lipinski definition) is 1. The SMILES string of the molecule is COC(=O)Cc1n[nH]c(C)n1.COC(=O)Cc1nc(C)n(CC(=O)OCc2ccccc2)n1. The summed E-state index contributed by atoms with van der Waals surface area (Å²) in [7, 11) is 2.63. The number of rotatable bonds is 8. The van der Waals surface area contributed by atoms with Gasteiger partial charge in [0.05, 0.1) is 14.2 Å². The van der Waals surface area contributed by atoms with Crippen molar-refractivity contribution < 1.29 is 28.6 Å². The molecule has 0 radical (unpaired) electrons. The van der Waals surface area contributed by atoms with Crippen LogP contribution in [0.5, 0.6) is 0 Å². The number of aromatic amines is 1. The van der Waals surface area contributed by atoms with Crippen molar-refractivity contribution in [2.75, 3.05) is 14.2 Å². The van der Waals surface area contributed by atoms with E-state index in [1.165, 1.54) is 18.9 Å². The molecule has 0 saturated carbocycles. The number of carbonyl (C=O) groups is 3. The molecular weight excluding hydrogens is 432 g/mol. The van der Waals surface area contributed by atoms with Gasteiger partial charge in [0, 0.05) is 0 Å². The largest absolute Gasteiger partial charge is 0.469 e. The number of aryl methyl sites for hydroxylation is 2. The Balaban J connectivity index is 0.000000294. The molecule has 0 saturated heterocycles. The minimum atomic E-state index is -0.427. The zero-order valence-electron chi connectivity index (χ0n) is 18.9. The third-order valence-electron chi connectivity index (χ3n) is 4.13. The average molecular weight is 458 g/mol. The standard InChI is InChI=1S/C15H17N3O4.C6H9N3O2/c1-11-16-13(8-14(19)21-2)17-18(11)9-15(20)22-10-12-6-4-3-5-7-12;1-4-7-5(9-8-4)3-6(10)11-2/h3-7H,8-10H2,1-2H3;3H2,1-2H3,(H,7,8,9). The van der Waals surface area contributed by atoms with Crippen molar-refractivity contribution in [3.8, 4) is 0 Å². The van der Waals surface area contributed by atoms with Crippen LogP contribution in [0.3, 0.4) is 0 Å². The molecule has 3 rings (SSSR count). The van der Waals surface area contributed by atoms with Crippen LogP contribution in [-0.4, -0.2) is 62.1 Å². The van der Waals surface area contributed by atoms with Crippen LogP contribution in [0, 0.1) is 13.8 Å². The summed E-state index contributed by atoms with van der Waals surface area (Å²) in [6.45, 7) is 3.64. The molecule has 1 aromatic carbocycles. The van der Waals surface area contributed by atoms with Crippen molar-refractivity contribution in [1.29, 1.82) is 0 Å². The molecule has 0 aliphatic rings. The molecule has 3 aromatic rings. The zero-order valence-corrected chi connectivity index (χ0v) is 18.9. The molecule has 2 aromatic heterocycles. The number of aromatic nitrogens is 6. The number of benzene rings is 1. The Kier molecular flexibility index (Phi) is 9.68. The van der Waals surface area contributed by atoms with Crippen LogP contribution in [-0.2, 0) is 54.6 Å². The number of hydrogen-bond acceptors (Lipinski definition) is 10. The Morgan fingerprint density at radius 1 is 0.909 bits per heavy atom. The number of nitrogens with zero attached hydrogens (tertiary/aromatic N) is 5. The summed E-state index contributed by atoms with van der Waals surface area (Å²) in [4.78, 5) is 41.7.